The number of hydrogen-bond acceptors (Lipinski definition) is 4. The van der Waals surface area contributed by atoms with Gasteiger partial charge in [0.1, 0.15) is 17.0 Å². The Labute approximate surface area is 181 Å². The normalized spacial score (nSPS) is 11.8. The lowest BCUT2D eigenvalue weighted by molar-refractivity contribution is 0.0942. The standard InChI is InChI=1S/C26H24N2O3/c1-16-6-8-18(9-7-16)23(28-26(30)19-10-12-20(31-3)13-11-19)22-15-17(2)21-5-4-14-27-24(21)25(22)29/h4-15,23,29H,1-3H3,(H,28,30). The van der Waals surface area contributed by atoms with Crippen LogP contribution >= 0.6 is 0 Å². The summed E-state index contributed by atoms with van der Waals surface area (Å²) < 4.78 is 5.18. The van der Waals surface area contributed by atoms with Crippen molar-refractivity contribution in [3.8, 4) is 11.5 Å². The number of amides is 1. The maximum absolute atomic E-state index is 13.1. The number of methoxy groups -OCH3 is 1. The van der Waals surface area contributed by atoms with E-state index in [-0.39, 0.29) is 11.7 Å². The second-order valence-electron chi connectivity index (χ2n) is 7.58. The smallest absolute Gasteiger partial charge is 0.252 e. The fourth-order valence-corrected chi connectivity index (χ4v) is 3.70. The number of carbonyl (C=O) groups excluding carboxylic acids is 1. The number of aromatic nitrogens is 1. The molecule has 5 heteroatoms. The van der Waals surface area contributed by atoms with Crippen molar-refractivity contribution in [2.45, 2.75) is 19.9 Å². The van der Waals surface area contributed by atoms with Gasteiger partial charge in [0.2, 0.25) is 0 Å². The number of aromatic hydroxyl groups is 1. The molecule has 1 heterocycles. The molecule has 0 saturated heterocycles. The monoisotopic (exact) mass is 412 g/mol. The van der Waals surface area contributed by atoms with E-state index < -0.39 is 6.04 Å². The van der Waals surface area contributed by atoms with E-state index in [4.69, 9.17) is 4.74 Å². The minimum absolute atomic E-state index is 0.0711. The summed E-state index contributed by atoms with van der Waals surface area (Å²) >= 11 is 0. The summed E-state index contributed by atoms with van der Waals surface area (Å²) in [5.74, 6) is 0.508. The van der Waals surface area contributed by atoms with Crippen molar-refractivity contribution in [3.05, 3.63) is 101 Å². The van der Waals surface area contributed by atoms with Crippen molar-refractivity contribution in [1.82, 2.24) is 10.3 Å². The lowest BCUT2D eigenvalue weighted by Gasteiger charge is -2.22. The number of aryl methyl sites for hydroxylation is 2. The van der Waals surface area contributed by atoms with E-state index >= 15 is 0 Å². The zero-order chi connectivity index (χ0) is 22.0. The van der Waals surface area contributed by atoms with Crippen molar-refractivity contribution in [2.75, 3.05) is 7.11 Å². The number of benzene rings is 3. The molecule has 1 unspecified atom stereocenters. The van der Waals surface area contributed by atoms with Crippen LogP contribution in [-0.2, 0) is 0 Å². The second kappa shape index (κ2) is 8.48. The van der Waals surface area contributed by atoms with E-state index in [0.717, 1.165) is 22.1 Å². The number of pyridine rings is 1. The number of nitrogens with one attached hydrogen (secondary N) is 1. The van der Waals surface area contributed by atoms with Gasteiger partial charge in [0.05, 0.1) is 13.2 Å². The summed E-state index contributed by atoms with van der Waals surface area (Å²) in [6.07, 6.45) is 1.65. The molecule has 1 amide bonds. The van der Waals surface area contributed by atoms with E-state index in [1.807, 2.05) is 56.3 Å². The van der Waals surface area contributed by atoms with Crippen molar-refractivity contribution in [2.24, 2.45) is 0 Å². The Bertz CT molecular complexity index is 1230. The molecule has 2 N–H and O–H groups in total. The van der Waals surface area contributed by atoms with Crippen LogP contribution < -0.4 is 10.1 Å². The number of ether oxygens (including phenoxy) is 1. The number of carbonyl (C=O) groups is 1. The topological polar surface area (TPSA) is 71.5 Å². The molecule has 31 heavy (non-hydrogen) atoms. The maximum atomic E-state index is 13.1. The second-order valence-corrected chi connectivity index (χ2v) is 7.58. The Hall–Kier alpha value is -3.86. The van der Waals surface area contributed by atoms with E-state index in [2.05, 4.69) is 10.3 Å². The third-order valence-corrected chi connectivity index (χ3v) is 5.45. The minimum Gasteiger partial charge on any atom is -0.505 e. The van der Waals surface area contributed by atoms with Gasteiger partial charge in [-0.25, -0.2) is 0 Å². The highest BCUT2D eigenvalue weighted by molar-refractivity contribution is 5.95. The summed E-state index contributed by atoms with van der Waals surface area (Å²) in [7, 11) is 1.58. The molecule has 1 aromatic heterocycles. The Kier molecular flexibility index (Phi) is 5.58. The first kappa shape index (κ1) is 20.4. The Balaban J connectivity index is 1.80. The van der Waals surface area contributed by atoms with Gasteiger partial charge in [-0.15, -0.1) is 0 Å². The highest BCUT2D eigenvalue weighted by Gasteiger charge is 2.23. The van der Waals surface area contributed by atoms with Gasteiger partial charge in [0, 0.05) is 22.7 Å². The van der Waals surface area contributed by atoms with Gasteiger partial charge in [-0.1, -0.05) is 35.9 Å². The van der Waals surface area contributed by atoms with Gasteiger partial charge in [-0.2, -0.15) is 0 Å². The van der Waals surface area contributed by atoms with Gasteiger partial charge >= 0.3 is 0 Å². The van der Waals surface area contributed by atoms with Crippen LogP contribution in [0.2, 0.25) is 0 Å². The zero-order valence-corrected chi connectivity index (χ0v) is 17.7. The summed E-state index contributed by atoms with van der Waals surface area (Å²) in [6.45, 7) is 3.99. The van der Waals surface area contributed by atoms with Gasteiger partial charge in [-0.05, 0) is 61.4 Å². The molecule has 0 bridgehead atoms. The molecule has 156 valence electrons. The molecule has 0 fully saturated rings. The average molecular weight is 412 g/mol. The fraction of sp³-hybridized carbons (Fsp3) is 0.154. The highest BCUT2D eigenvalue weighted by Crippen LogP contribution is 2.36. The number of nitrogens with zero attached hydrogens (tertiary/aromatic N) is 1. The van der Waals surface area contributed by atoms with Crippen molar-refractivity contribution >= 4 is 16.8 Å². The van der Waals surface area contributed by atoms with Gasteiger partial charge < -0.3 is 15.2 Å². The zero-order valence-electron chi connectivity index (χ0n) is 17.7. The van der Waals surface area contributed by atoms with Gasteiger partial charge in [0.15, 0.2) is 0 Å². The van der Waals surface area contributed by atoms with Crippen LogP contribution in [0.5, 0.6) is 11.5 Å². The minimum atomic E-state index is -0.541. The predicted molar refractivity (Wildman–Crippen MR) is 122 cm³/mol. The lowest BCUT2D eigenvalue weighted by atomic mass is 9.93. The van der Waals surface area contributed by atoms with Crippen LogP contribution in [-0.4, -0.2) is 23.1 Å². The van der Waals surface area contributed by atoms with Crippen LogP contribution in [0.1, 0.15) is 38.7 Å². The number of hydrogen-bond donors (Lipinski definition) is 2. The molecule has 3 aromatic carbocycles. The van der Waals surface area contributed by atoms with E-state index in [9.17, 15) is 9.90 Å². The van der Waals surface area contributed by atoms with Crippen molar-refractivity contribution < 1.29 is 14.6 Å². The highest BCUT2D eigenvalue weighted by atomic mass is 16.5. The molecule has 4 rings (SSSR count). The molecule has 0 saturated carbocycles. The predicted octanol–water partition coefficient (Wildman–Crippen LogP) is 5.09. The molecule has 0 aliphatic carbocycles. The number of phenolic OH excluding ortho intramolecular Hbond substituents is 1. The maximum Gasteiger partial charge on any atom is 0.252 e. The van der Waals surface area contributed by atoms with Crippen LogP contribution in [0.3, 0.4) is 0 Å². The molecule has 4 aromatic rings. The Morgan fingerprint density at radius 2 is 1.74 bits per heavy atom. The molecular weight excluding hydrogens is 388 g/mol. The SMILES string of the molecule is COc1ccc(C(=O)NC(c2ccc(C)cc2)c2cc(C)c3cccnc3c2O)cc1. The van der Waals surface area contributed by atoms with E-state index in [0.29, 0.717) is 22.4 Å². The molecule has 0 aliphatic heterocycles. The van der Waals surface area contributed by atoms with Crippen LogP contribution in [0.4, 0.5) is 0 Å². The van der Waals surface area contributed by atoms with Gasteiger partial charge in [-0.3, -0.25) is 9.78 Å². The average Bonchev–Trinajstić information content (AvgIpc) is 2.80. The summed E-state index contributed by atoms with van der Waals surface area (Å²) in [5, 5.41) is 15.1. The number of phenols is 1. The summed E-state index contributed by atoms with van der Waals surface area (Å²) in [5.41, 5.74) is 4.60. The largest absolute Gasteiger partial charge is 0.505 e. The molecule has 1 atom stereocenters. The van der Waals surface area contributed by atoms with Crippen molar-refractivity contribution in [1.29, 1.82) is 0 Å². The molecule has 0 radical (unpaired) electrons. The molecule has 0 spiro atoms. The van der Waals surface area contributed by atoms with E-state index in [1.165, 1.54) is 0 Å². The van der Waals surface area contributed by atoms with Crippen LogP contribution in [0.15, 0.2) is 72.9 Å². The molecular formula is C26H24N2O3. The van der Waals surface area contributed by atoms with Crippen molar-refractivity contribution in [3.63, 3.8) is 0 Å². The lowest BCUT2D eigenvalue weighted by Crippen LogP contribution is -2.29. The number of rotatable bonds is 5. The summed E-state index contributed by atoms with van der Waals surface area (Å²) in [6, 6.07) is 20.0. The Morgan fingerprint density at radius 3 is 2.42 bits per heavy atom. The fourth-order valence-electron chi connectivity index (χ4n) is 3.70. The third kappa shape index (κ3) is 4.08. The first-order valence-electron chi connectivity index (χ1n) is 10.1. The van der Waals surface area contributed by atoms with E-state index in [1.54, 1.807) is 37.6 Å². The molecule has 0 aliphatic rings. The van der Waals surface area contributed by atoms with Gasteiger partial charge in [0.25, 0.3) is 5.91 Å². The quantitative estimate of drug-likeness (QED) is 0.479. The third-order valence-electron chi connectivity index (χ3n) is 5.45. The summed E-state index contributed by atoms with van der Waals surface area (Å²) in [4.78, 5) is 17.5. The van der Waals surface area contributed by atoms with Crippen LogP contribution in [0, 0.1) is 13.8 Å². The Morgan fingerprint density at radius 1 is 1.03 bits per heavy atom. The first-order chi connectivity index (χ1) is 15.0. The van der Waals surface area contributed by atoms with Crippen LogP contribution in [0.25, 0.3) is 10.9 Å². The first-order valence-corrected chi connectivity index (χ1v) is 10.1. The molecule has 5 nitrogen and oxygen atoms in total. The number of fused-ring (bicyclic) bond motifs is 1.